The molecule has 0 atom stereocenters. The second-order valence-electron chi connectivity index (χ2n) is 4.78. The molecule has 0 bridgehead atoms. The van der Waals surface area contributed by atoms with Crippen LogP contribution in [0, 0.1) is 16.7 Å². The first-order valence-electron chi connectivity index (χ1n) is 6.82. The Balaban J connectivity index is 1.97. The van der Waals surface area contributed by atoms with E-state index in [0.29, 0.717) is 27.7 Å². The number of hydrogen-bond donors (Lipinski definition) is 3. The molecule has 0 amide bonds. The van der Waals surface area contributed by atoms with Crippen LogP contribution in [0.3, 0.4) is 0 Å². The zero-order chi connectivity index (χ0) is 17.1. The number of benzene rings is 2. The number of nitrogens with two attached hydrogens (primary N) is 1. The van der Waals surface area contributed by atoms with Gasteiger partial charge in [-0.15, -0.1) is 0 Å². The van der Waals surface area contributed by atoms with Gasteiger partial charge in [0.1, 0.15) is 11.6 Å². The van der Waals surface area contributed by atoms with Gasteiger partial charge in [-0.1, -0.05) is 23.7 Å². The summed E-state index contributed by atoms with van der Waals surface area (Å²) >= 11 is 6.12. The molecule has 0 unspecified atom stereocenters. The number of nitrogens with zero attached hydrogens (tertiary/aromatic N) is 3. The van der Waals surface area contributed by atoms with Gasteiger partial charge in [-0.2, -0.15) is 10.4 Å². The Labute approximate surface area is 141 Å². The zero-order valence-corrected chi connectivity index (χ0v) is 13.0. The molecule has 0 fully saturated rings. The van der Waals surface area contributed by atoms with Crippen LogP contribution in [0.4, 0.5) is 5.69 Å². The Morgan fingerprint density at radius 3 is 2.83 bits per heavy atom. The van der Waals surface area contributed by atoms with Crippen LogP contribution >= 0.6 is 11.6 Å². The predicted molar refractivity (Wildman–Crippen MR) is 93.0 cm³/mol. The Morgan fingerprint density at radius 2 is 2.12 bits per heavy atom. The highest BCUT2D eigenvalue weighted by atomic mass is 35.5. The van der Waals surface area contributed by atoms with E-state index in [2.05, 4.69) is 15.5 Å². The van der Waals surface area contributed by atoms with Crippen LogP contribution in [0.25, 0.3) is 22.6 Å². The molecule has 2 aromatic carbocycles. The lowest BCUT2D eigenvalue weighted by molar-refractivity contribution is 0.620. The standard InChI is InChI=1S/C16H11ClN6O/c17-10-6-5-9(7-12(10)22-23-13(8-18)15(19)20)16-21-11-3-1-2-4-14(11)24-16/h1-7,22H,(H3,19,20)/b23-13+. The van der Waals surface area contributed by atoms with E-state index >= 15 is 0 Å². The van der Waals surface area contributed by atoms with E-state index in [9.17, 15) is 0 Å². The third-order valence-corrected chi connectivity index (χ3v) is 3.49. The molecule has 1 aromatic heterocycles. The lowest BCUT2D eigenvalue weighted by Crippen LogP contribution is -2.21. The van der Waals surface area contributed by atoms with Crippen molar-refractivity contribution in [1.29, 1.82) is 10.7 Å². The summed E-state index contributed by atoms with van der Waals surface area (Å²) in [6.07, 6.45) is 0. The fourth-order valence-electron chi connectivity index (χ4n) is 2.00. The van der Waals surface area contributed by atoms with Gasteiger partial charge in [0.2, 0.25) is 11.6 Å². The fraction of sp³-hybridized carbons (Fsp3) is 0. The minimum Gasteiger partial charge on any atom is -0.436 e. The van der Waals surface area contributed by atoms with Gasteiger partial charge in [0.25, 0.3) is 0 Å². The Bertz CT molecular complexity index is 968. The highest BCUT2D eigenvalue weighted by Crippen LogP contribution is 2.30. The Kier molecular flexibility index (Phi) is 4.14. The van der Waals surface area contributed by atoms with Gasteiger partial charge in [0, 0.05) is 5.56 Å². The first-order chi connectivity index (χ1) is 11.6. The number of amidine groups is 1. The normalized spacial score (nSPS) is 11.2. The molecule has 0 radical (unpaired) electrons. The van der Waals surface area contributed by atoms with Crippen molar-refractivity contribution in [2.24, 2.45) is 10.8 Å². The molecule has 118 valence electrons. The van der Waals surface area contributed by atoms with Crippen LogP contribution in [0.1, 0.15) is 0 Å². The van der Waals surface area contributed by atoms with E-state index < -0.39 is 5.84 Å². The maximum atomic E-state index is 8.86. The Morgan fingerprint density at radius 1 is 1.33 bits per heavy atom. The Hall–Kier alpha value is -3.37. The molecule has 0 saturated carbocycles. The van der Waals surface area contributed by atoms with Crippen molar-refractivity contribution >= 4 is 39.9 Å². The molecule has 3 rings (SSSR count). The van der Waals surface area contributed by atoms with Crippen molar-refractivity contribution in [3.8, 4) is 17.5 Å². The summed E-state index contributed by atoms with van der Waals surface area (Å²) in [5, 5.41) is 20.3. The van der Waals surface area contributed by atoms with E-state index in [1.54, 1.807) is 24.3 Å². The average Bonchev–Trinajstić information content (AvgIpc) is 3.00. The lowest BCUT2D eigenvalue weighted by Gasteiger charge is -2.05. The van der Waals surface area contributed by atoms with Crippen LogP contribution in [-0.4, -0.2) is 16.5 Å². The zero-order valence-electron chi connectivity index (χ0n) is 12.2. The molecule has 1 heterocycles. The number of nitrogens with one attached hydrogen (secondary N) is 2. The van der Waals surface area contributed by atoms with Gasteiger partial charge in [-0.3, -0.25) is 10.8 Å². The van der Waals surface area contributed by atoms with Crippen LogP contribution in [0.15, 0.2) is 52.0 Å². The molecule has 0 aliphatic rings. The minimum absolute atomic E-state index is 0.238. The molecule has 3 aromatic rings. The number of rotatable bonds is 4. The van der Waals surface area contributed by atoms with E-state index in [-0.39, 0.29) is 5.71 Å². The summed E-state index contributed by atoms with van der Waals surface area (Å²) in [6, 6.07) is 14.3. The maximum Gasteiger partial charge on any atom is 0.227 e. The van der Waals surface area contributed by atoms with Gasteiger partial charge in [0.05, 0.1) is 10.7 Å². The van der Waals surface area contributed by atoms with Gasteiger partial charge < -0.3 is 10.2 Å². The number of aromatic nitrogens is 1. The van der Waals surface area contributed by atoms with Gasteiger partial charge in [-0.25, -0.2) is 4.98 Å². The fourth-order valence-corrected chi connectivity index (χ4v) is 2.16. The van der Waals surface area contributed by atoms with Crippen LogP contribution in [0.5, 0.6) is 0 Å². The first kappa shape index (κ1) is 15.5. The highest BCUT2D eigenvalue weighted by molar-refractivity contribution is 6.46. The van der Waals surface area contributed by atoms with Crippen molar-refractivity contribution in [1.82, 2.24) is 4.98 Å². The summed E-state index contributed by atoms with van der Waals surface area (Å²) in [5.41, 5.74) is 10.2. The lowest BCUT2D eigenvalue weighted by atomic mass is 10.2. The number of para-hydroxylation sites is 2. The van der Waals surface area contributed by atoms with Crippen LogP contribution in [-0.2, 0) is 0 Å². The number of hydrogen-bond acceptors (Lipinski definition) is 6. The molecule has 4 N–H and O–H groups in total. The third-order valence-electron chi connectivity index (χ3n) is 3.16. The number of anilines is 1. The number of halogens is 1. The molecule has 7 nitrogen and oxygen atoms in total. The third kappa shape index (κ3) is 3.04. The first-order valence-corrected chi connectivity index (χ1v) is 7.20. The van der Waals surface area contributed by atoms with Crippen molar-refractivity contribution in [2.45, 2.75) is 0 Å². The molecule has 8 heteroatoms. The predicted octanol–water partition coefficient (Wildman–Crippen LogP) is 3.38. The number of oxazole rings is 1. The van der Waals surface area contributed by atoms with E-state index in [4.69, 9.17) is 32.4 Å². The highest BCUT2D eigenvalue weighted by Gasteiger charge is 2.10. The summed E-state index contributed by atoms with van der Waals surface area (Å²) in [6.45, 7) is 0. The summed E-state index contributed by atoms with van der Waals surface area (Å²) in [7, 11) is 0. The van der Waals surface area contributed by atoms with Crippen LogP contribution in [0.2, 0.25) is 5.02 Å². The quantitative estimate of drug-likeness (QED) is 0.382. The SMILES string of the molecule is N#C/C(=N\Nc1cc(-c2nc3ccccc3o2)ccc1Cl)C(=N)N. The largest absolute Gasteiger partial charge is 0.436 e. The van der Waals surface area contributed by atoms with E-state index in [0.717, 1.165) is 5.52 Å². The molecule has 0 aliphatic carbocycles. The number of fused-ring (bicyclic) bond motifs is 1. The summed E-state index contributed by atoms with van der Waals surface area (Å²) in [5.74, 6) is 0.00296. The van der Waals surface area contributed by atoms with Crippen molar-refractivity contribution in [3.63, 3.8) is 0 Å². The smallest absolute Gasteiger partial charge is 0.227 e. The maximum absolute atomic E-state index is 8.86. The van der Waals surface area contributed by atoms with E-state index in [1.807, 2.05) is 24.3 Å². The number of hydrazone groups is 1. The molecule has 0 aliphatic heterocycles. The monoisotopic (exact) mass is 338 g/mol. The summed E-state index contributed by atoms with van der Waals surface area (Å²) in [4.78, 5) is 4.41. The molecular formula is C16H11ClN6O. The molecular weight excluding hydrogens is 328 g/mol. The summed E-state index contributed by atoms with van der Waals surface area (Å²) < 4.78 is 5.71. The van der Waals surface area contributed by atoms with Gasteiger partial charge in [-0.05, 0) is 30.3 Å². The van der Waals surface area contributed by atoms with Gasteiger partial charge >= 0.3 is 0 Å². The van der Waals surface area contributed by atoms with E-state index in [1.165, 1.54) is 0 Å². The van der Waals surface area contributed by atoms with Crippen molar-refractivity contribution < 1.29 is 4.42 Å². The van der Waals surface area contributed by atoms with Crippen molar-refractivity contribution in [2.75, 3.05) is 5.43 Å². The second-order valence-corrected chi connectivity index (χ2v) is 5.19. The van der Waals surface area contributed by atoms with Crippen LogP contribution < -0.4 is 11.2 Å². The molecule has 24 heavy (non-hydrogen) atoms. The molecule has 0 saturated heterocycles. The topological polar surface area (TPSA) is 124 Å². The minimum atomic E-state index is -0.434. The average molecular weight is 339 g/mol. The second kappa shape index (κ2) is 6.40. The van der Waals surface area contributed by atoms with Crippen molar-refractivity contribution in [3.05, 3.63) is 47.5 Å². The van der Waals surface area contributed by atoms with Gasteiger partial charge in [0.15, 0.2) is 11.4 Å². The molecule has 0 spiro atoms. The number of nitriles is 1.